The second-order valence-electron chi connectivity index (χ2n) is 5.76. The van der Waals surface area contributed by atoms with Crippen molar-refractivity contribution >= 4 is 23.2 Å². The molecule has 7 heteroatoms. The molecular formula is C19H15ClFN3O2. The van der Waals surface area contributed by atoms with Gasteiger partial charge in [0.05, 0.1) is 12.0 Å². The highest BCUT2D eigenvalue weighted by Gasteiger charge is 2.09. The van der Waals surface area contributed by atoms with Crippen LogP contribution in [0.15, 0.2) is 59.7 Å². The van der Waals surface area contributed by atoms with Crippen molar-refractivity contribution in [2.45, 2.75) is 13.5 Å². The van der Waals surface area contributed by atoms with E-state index < -0.39 is 11.7 Å². The molecule has 3 rings (SSSR count). The molecule has 0 aliphatic heterocycles. The monoisotopic (exact) mass is 371 g/mol. The van der Waals surface area contributed by atoms with E-state index in [0.29, 0.717) is 22.0 Å². The van der Waals surface area contributed by atoms with Gasteiger partial charge in [-0.1, -0.05) is 29.8 Å². The first kappa shape index (κ1) is 17.8. The number of nitrogens with zero attached hydrogens (tertiary/aromatic N) is 2. The standard InChI is InChI=1S/C19H15ClFN3O2/c1-12-2-7-15(8-16(12)21)23-18(25)10-24-11-22-17(9-19(24)26)13-3-5-14(20)6-4-13/h2-9,11H,10H2,1H3,(H,23,25). The van der Waals surface area contributed by atoms with Gasteiger partial charge in [0.15, 0.2) is 0 Å². The number of rotatable bonds is 4. The van der Waals surface area contributed by atoms with Crippen LogP contribution in [-0.2, 0) is 11.3 Å². The molecule has 0 radical (unpaired) electrons. The fourth-order valence-electron chi connectivity index (χ4n) is 2.35. The predicted octanol–water partition coefficient (Wildman–Crippen LogP) is 3.65. The maximum absolute atomic E-state index is 13.5. The van der Waals surface area contributed by atoms with Crippen molar-refractivity contribution in [2.24, 2.45) is 0 Å². The van der Waals surface area contributed by atoms with Gasteiger partial charge in [-0.05, 0) is 36.8 Å². The number of aryl methyl sites for hydroxylation is 1. The van der Waals surface area contributed by atoms with E-state index in [1.54, 1.807) is 43.3 Å². The molecule has 0 saturated carbocycles. The average molecular weight is 372 g/mol. The van der Waals surface area contributed by atoms with Crippen LogP contribution in [0.4, 0.5) is 10.1 Å². The van der Waals surface area contributed by atoms with Crippen LogP contribution in [0.3, 0.4) is 0 Å². The Morgan fingerprint density at radius 2 is 1.92 bits per heavy atom. The van der Waals surface area contributed by atoms with Crippen LogP contribution in [-0.4, -0.2) is 15.5 Å². The van der Waals surface area contributed by atoms with Crippen LogP contribution < -0.4 is 10.9 Å². The molecule has 3 aromatic rings. The molecule has 0 aliphatic rings. The van der Waals surface area contributed by atoms with Crippen molar-refractivity contribution in [1.29, 1.82) is 0 Å². The van der Waals surface area contributed by atoms with E-state index in [9.17, 15) is 14.0 Å². The quantitative estimate of drug-likeness (QED) is 0.761. The highest BCUT2D eigenvalue weighted by molar-refractivity contribution is 6.30. The van der Waals surface area contributed by atoms with Gasteiger partial charge < -0.3 is 5.32 Å². The number of carbonyl (C=O) groups excluding carboxylic acids is 1. The van der Waals surface area contributed by atoms with Crippen molar-refractivity contribution in [3.63, 3.8) is 0 Å². The van der Waals surface area contributed by atoms with E-state index in [4.69, 9.17) is 11.6 Å². The summed E-state index contributed by atoms with van der Waals surface area (Å²) in [5.41, 5.74) is 1.69. The normalized spacial score (nSPS) is 10.6. The second kappa shape index (κ2) is 7.49. The van der Waals surface area contributed by atoms with E-state index in [2.05, 4.69) is 10.3 Å². The minimum Gasteiger partial charge on any atom is -0.324 e. The highest BCUT2D eigenvalue weighted by Crippen LogP contribution is 2.18. The first-order valence-electron chi connectivity index (χ1n) is 7.81. The second-order valence-corrected chi connectivity index (χ2v) is 6.20. The van der Waals surface area contributed by atoms with Gasteiger partial charge in [-0.3, -0.25) is 14.2 Å². The number of hydrogen-bond acceptors (Lipinski definition) is 3. The Bertz CT molecular complexity index is 1020. The molecule has 1 heterocycles. The van der Waals surface area contributed by atoms with Gasteiger partial charge >= 0.3 is 0 Å². The fourth-order valence-corrected chi connectivity index (χ4v) is 2.48. The Hall–Kier alpha value is -2.99. The summed E-state index contributed by atoms with van der Waals surface area (Å²) in [4.78, 5) is 28.5. The van der Waals surface area contributed by atoms with E-state index in [0.717, 1.165) is 5.56 Å². The predicted molar refractivity (Wildman–Crippen MR) is 98.7 cm³/mol. The minimum absolute atomic E-state index is 0.220. The SMILES string of the molecule is Cc1ccc(NC(=O)Cn2cnc(-c3ccc(Cl)cc3)cc2=O)cc1F. The van der Waals surface area contributed by atoms with Crippen LogP contribution in [0.5, 0.6) is 0 Å². The van der Waals surface area contributed by atoms with Crippen molar-refractivity contribution in [3.8, 4) is 11.3 Å². The van der Waals surface area contributed by atoms with E-state index in [1.165, 1.54) is 23.0 Å². The van der Waals surface area contributed by atoms with Crippen molar-refractivity contribution in [2.75, 3.05) is 5.32 Å². The van der Waals surface area contributed by atoms with Crippen LogP contribution >= 0.6 is 11.6 Å². The van der Waals surface area contributed by atoms with Gasteiger partial charge in [0, 0.05) is 22.3 Å². The van der Waals surface area contributed by atoms with Crippen LogP contribution in [0.25, 0.3) is 11.3 Å². The summed E-state index contributed by atoms with van der Waals surface area (Å²) in [5.74, 6) is -0.856. The lowest BCUT2D eigenvalue weighted by molar-refractivity contribution is -0.116. The number of nitrogens with one attached hydrogen (secondary N) is 1. The van der Waals surface area contributed by atoms with Gasteiger partial charge in [0.2, 0.25) is 5.91 Å². The first-order valence-corrected chi connectivity index (χ1v) is 8.18. The number of benzene rings is 2. The van der Waals surface area contributed by atoms with Crippen LogP contribution in [0.1, 0.15) is 5.56 Å². The maximum Gasteiger partial charge on any atom is 0.254 e. The Balaban J connectivity index is 1.73. The summed E-state index contributed by atoms with van der Waals surface area (Å²) in [6.45, 7) is 1.41. The Kier molecular flexibility index (Phi) is 5.14. The molecule has 0 fully saturated rings. The number of aromatic nitrogens is 2. The molecule has 1 aromatic heterocycles. The molecule has 0 atom stereocenters. The average Bonchev–Trinajstić information content (AvgIpc) is 2.60. The summed E-state index contributed by atoms with van der Waals surface area (Å²) in [7, 11) is 0. The molecule has 0 saturated heterocycles. The number of carbonyl (C=O) groups is 1. The molecule has 1 amide bonds. The zero-order chi connectivity index (χ0) is 18.7. The third-order valence-electron chi connectivity index (χ3n) is 3.79. The Labute approximate surface area is 154 Å². The maximum atomic E-state index is 13.5. The van der Waals surface area contributed by atoms with E-state index in [-0.39, 0.29) is 12.1 Å². The molecule has 0 bridgehead atoms. The smallest absolute Gasteiger partial charge is 0.254 e. The summed E-state index contributed by atoms with van der Waals surface area (Å²) < 4.78 is 14.7. The number of hydrogen-bond donors (Lipinski definition) is 1. The lowest BCUT2D eigenvalue weighted by Gasteiger charge is -2.09. The Morgan fingerprint density at radius 3 is 2.58 bits per heavy atom. The van der Waals surface area contributed by atoms with Crippen molar-refractivity contribution < 1.29 is 9.18 Å². The minimum atomic E-state index is -0.448. The lowest BCUT2D eigenvalue weighted by atomic mass is 10.1. The van der Waals surface area contributed by atoms with Gasteiger partial charge in [-0.15, -0.1) is 0 Å². The number of anilines is 1. The first-order chi connectivity index (χ1) is 12.4. The molecule has 2 aromatic carbocycles. The zero-order valence-electron chi connectivity index (χ0n) is 13.9. The largest absolute Gasteiger partial charge is 0.324 e. The van der Waals surface area contributed by atoms with Crippen LogP contribution in [0.2, 0.25) is 5.02 Å². The Morgan fingerprint density at radius 1 is 1.19 bits per heavy atom. The molecule has 26 heavy (non-hydrogen) atoms. The summed E-state index contributed by atoms with van der Waals surface area (Å²) in [5, 5.41) is 3.15. The number of amides is 1. The summed E-state index contributed by atoms with van der Waals surface area (Å²) in [6, 6.07) is 12.7. The van der Waals surface area contributed by atoms with Crippen LogP contribution in [0, 0.1) is 12.7 Å². The van der Waals surface area contributed by atoms with E-state index in [1.807, 2.05) is 0 Å². The highest BCUT2D eigenvalue weighted by atomic mass is 35.5. The topological polar surface area (TPSA) is 64.0 Å². The molecule has 0 spiro atoms. The molecule has 0 aliphatic carbocycles. The van der Waals surface area contributed by atoms with Gasteiger partial charge in [-0.2, -0.15) is 0 Å². The van der Waals surface area contributed by atoms with Gasteiger partial charge in [-0.25, -0.2) is 9.37 Å². The van der Waals surface area contributed by atoms with Crippen molar-refractivity contribution in [3.05, 3.63) is 81.6 Å². The fraction of sp³-hybridized carbons (Fsp3) is 0.105. The third-order valence-corrected chi connectivity index (χ3v) is 4.04. The molecule has 1 N–H and O–H groups in total. The van der Waals surface area contributed by atoms with Gasteiger partial charge in [0.1, 0.15) is 12.4 Å². The lowest BCUT2D eigenvalue weighted by Crippen LogP contribution is -2.27. The third kappa shape index (κ3) is 4.15. The van der Waals surface area contributed by atoms with E-state index >= 15 is 0 Å². The molecular weight excluding hydrogens is 357 g/mol. The zero-order valence-corrected chi connectivity index (χ0v) is 14.6. The summed E-state index contributed by atoms with van der Waals surface area (Å²) >= 11 is 5.84. The van der Waals surface area contributed by atoms with Gasteiger partial charge in [0.25, 0.3) is 5.56 Å². The van der Waals surface area contributed by atoms with Crippen molar-refractivity contribution in [1.82, 2.24) is 9.55 Å². The molecule has 5 nitrogen and oxygen atoms in total. The molecule has 0 unspecified atom stereocenters. The number of halogens is 2. The summed E-state index contributed by atoms with van der Waals surface area (Å²) in [6.07, 6.45) is 1.31. The molecule has 132 valence electrons.